The predicted octanol–water partition coefficient (Wildman–Crippen LogP) is 5.60. The van der Waals surface area contributed by atoms with Gasteiger partial charge in [0.2, 0.25) is 0 Å². The zero-order valence-corrected chi connectivity index (χ0v) is 19.7. The van der Waals surface area contributed by atoms with Gasteiger partial charge >= 0.3 is 0 Å². The average molecular weight is 458 g/mol. The Balaban J connectivity index is 1.51. The predicted molar refractivity (Wildman–Crippen MR) is 132 cm³/mol. The number of fused-ring (bicyclic) bond motifs is 1. The van der Waals surface area contributed by atoms with Crippen LogP contribution in [0, 0.1) is 11.3 Å². The molecule has 5 rings (SSSR count). The SMILES string of the molecule is COCCOc1ccc2c(C#N)c(-c3ccc(C(=O)NC4CCCC4)cc3)n(C3CCC3)c2c1. The van der Waals surface area contributed by atoms with Gasteiger partial charge in [-0.2, -0.15) is 5.26 Å². The highest BCUT2D eigenvalue weighted by atomic mass is 16.5. The van der Waals surface area contributed by atoms with E-state index in [-0.39, 0.29) is 5.91 Å². The number of hydrogen-bond acceptors (Lipinski definition) is 4. The first-order valence-electron chi connectivity index (χ1n) is 12.3. The van der Waals surface area contributed by atoms with Gasteiger partial charge in [0.1, 0.15) is 18.4 Å². The van der Waals surface area contributed by atoms with Gasteiger partial charge in [-0.25, -0.2) is 0 Å². The molecule has 2 aliphatic rings. The van der Waals surface area contributed by atoms with Gasteiger partial charge in [-0.15, -0.1) is 0 Å². The Kier molecular flexibility index (Phi) is 6.55. The lowest BCUT2D eigenvalue weighted by Crippen LogP contribution is -2.32. The van der Waals surface area contributed by atoms with E-state index in [1.165, 1.54) is 19.3 Å². The average Bonchev–Trinajstić information content (AvgIpc) is 3.44. The van der Waals surface area contributed by atoms with E-state index in [0.29, 0.717) is 36.4 Å². The molecule has 34 heavy (non-hydrogen) atoms. The van der Waals surface area contributed by atoms with Crippen LogP contribution in [0.15, 0.2) is 42.5 Å². The van der Waals surface area contributed by atoms with Crippen LogP contribution in [-0.2, 0) is 4.74 Å². The fourth-order valence-corrected chi connectivity index (χ4v) is 5.16. The summed E-state index contributed by atoms with van der Waals surface area (Å²) >= 11 is 0. The molecular weight excluding hydrogens is 426 g/mol. The van der Waals surface area contributed by atoms with Crippen molar-refractivity contribution in [2.24, 2.45) is 0 Å². The number of aromatic nitrogens is 1. The maximum absolute atomic E-state index is 12.7. The second-order valence-electron chi connectivity index (χ2n) is 9.34. The molecule has 0 spiro atoms. The van der Waals surface area contributed by atoms with Gasteiger partial charge in [0.25, 0.3) is 5.91 Å². The lowest BCUT2D eigenvalue weighted by Gasteiger charge is -2.30. The topological polar surface area (TPSA) is 76.3 Å². The van der Waals surface area contributed by atoms with Crippen LogP contribution in [0.3, 0.4) is 0 Å². The zero-order valence-electron chi connectivity index (χ0n) is 19.7. The Hall–Kier alpha value is -3.30. The maximum Gasteiger partial charge on any atom is 0.251 e. The Morgan fingerprint density at radius 1 is 1.06 bits per heavy atom. The van der Waals surface area contributed by atoms with E-state index in [1.807, 2.05) is 42.5 Å². The first kappa shape index (κ1) is 22.5. The monoisotopic (exact) mass is 457 g/mol. The van der Waals surface area contributed by atoms with E-state index in [9.17, 15) is 10.1 Å². The Morgan fingerprint density at radius 2 is 1.82 bits per heavy atom. The summed E-state index contributed by atoms with van der Waals surface area (Å²) in [6.07, 6.45) is 7.88. The fourth-order valence-electron chi connectivity index (χ4n) is 5.16. The van der Waals surface area contributed by atoms with Gasteiger partial charge < -0.3 is 19.4 Å². The van der Waals surface area contributed by atoms with Crippen LogP contribution in [-0.4, -0.2) is 36.8 Å². The highest BCUT2D eigenvalue weighted by molar-refractivity contribution is 5.97. The molecule has 0 atom stereocenters. The Labute approximate surface area is 200 Å². The third kappa shape index (κ3) is 4.28. The van der Waals surface area contributed by atoms with Gasteiger partial charge in [-0.1, -0.05) is 25.0 Å². The van der Waals surface area contributed by atoms with Crippen molar-refractivity contribution in [2.75, 3.05) is 20.3 Å². The highest BCUT2D eigenvalue weighted by Crippen LogP contribution is 2.43. The molecule has 1 N–H and O–H groups in total. The van der Waals surface area contributed by atoms with Crippen molar-refractivity contribution in [2.45, 2.75) is 57.0 Å². The van der Waals surface area contributed by atoms with Crippen molar-refractivity contribution in [1.82, 2.24) is 9.88 Å². The molecule has 1 amide bonds. The van der Waals surface area contributed by atoms with E-state index in [0.717, 1.165) is 53.6 Å². The second kappa shape index (κ2) is 9.90. The van der Waals surface area contributed by atoms with Crippen LogP contribution in [0.2, 0.25) is 0 Å². The number of nitriles is 1. The van der Waals surface area contributed by atoms with Crippen molar-refractivity contribution in [1.29, 1.82) is 5.26 Å². The molecule has 0 aliphatic heterocycles. The summed E-state index contributed by atoms with van der Waals surface area (Å²) in [5.41, 5.74) is 4.25. The van der Waals surface area contributed by atoms with Crippen LogP contribution in [0.4, 0.5) is 0 Å². The lowest BCUT2D eigenvalue weighted by molar-refractivity contribution is 0.0938. The number of methoxy groups -OCH3 is 1. The Morgan fingerprint density at radius 3 is 2.47 bits per heavy atom. The van der Waals surface area contributed by atoms with Crippen molar-refractivity contribution in [3.05, 3.63) is 53.6 Å². The molecular formula is C28H31N3O3. The molecule has 3 aromatic rings. The lowest BCUT2D eigenvalue weighted by atomic mass is 9.92. The van der Waals surface area contributed by atoms with Gasteiger partial charge in [0.15, 0.2) is 0 Å². The summed E-state index contributed by atoms with van der Waals surface area (Å²) in [6.45, 7) is 1.01. The number of ether oxygens (including phenoxy) is 2. The van der Waals surface area contributed by atoms with Crippen LogP contribution in [0.5, 0.6) is 5.75 Å². The van der Waals surface area contributed by atoms with Crippen molar-refractivity contribution in [3.8, 4) is 23.1 Å². The number of benzene rings is 2. The van der Waals surface area contributed by atoms with Gasteiger partial charge in [0.05, 0.1) is 23.4 Å². The molecule has 2 aromatic carbocycles. The minimum Gasteiger partial charge on any atom is -0.491 e. The molecule has 0 unspecified atom stereocenters. The summed E-state index contributed by atoms with van der Waals surface area (Å²) in [4.78, 5) is 12.7. The van der Waals surface area contributed by atoms with E-state index in [2.05, 4.69) is 16.0 Å². The minimum absolute atomic E-state index is 0.0173. The summed E-state index contributed by atoms with van der Waals surface area (Å²) < 4.78 is 13.3. The molecule has 0 bridgehead atoms. The number of amides is 1. The molecule has 1 aromatic heterocycles. The van der Waals surface area contributed by atoms with Gasteiger partial charge in [-0.05, 0) is 61.9 Å². The third-order valence-electron chi connectivity index (χ3n) is 7.19. The molecule has 2 fully saturated rings. The maximum atomic E-state index is 12.7. The number of nitrogens with zero attached hydrogens (tertiary/aromatic N) is 2. The first-order valence-corrected chi connectivity index (χ1v) is 12.3. The Bertz CT molecular complexity index is 1210. The van der Waals surface area contributed by atoms with Crippen LogP contribution in [0.25, 0.3) is 22.2 Å². The van der Waals surface area contributed by atoms with Crippen molar-refractivity contribution < 1.29 is 14.3 Å². The molecule has 0 saturated heterocycles. The largest absolute Gasteiger partial charge is 0.491 e. The zero-order chi connectivity index (χ0) is 23.5. The molecule has 2 aliphatic carbocycles. The second-order valence-corrected chi connectivity index (χ2v) is 9.34. The van der Waals surface area contributed by atoms with E-state index < -0.39 is 0 Å². The standard InChI is InChI=1S/C28H31N3O3/c1-33-15-16-34-23-13-14-24-25(18-29)27(31(26(24)17-23)22-7-4-8-22)19-9-11-20(12-10-19)28(32)30-21-5-2-3-6-21/h9-14,17,21-22H,2-8,15-16H2,1H3,(H,30,32). The summed E-state index contributed by atoms with van der Waals surface area (Å²) in [7, 11) is 1.66. The first-order chi connectivity index (χ1) is 16.7. The van der Waals surface area contributed by atoms with E-state index in [1.54, 1.807) is 7.11 Å². The minimum atomic E-state index is -0.0173. The molecule has 176 valence electrons. The van der Waals surface area contributed by atoms with Crippen molar-refractivity contribution >= 4 is 16.8 Å². The van der Waals surface area contributed by atoms with Gasteiger partial charge in [0, 0.05) is 36.2 Å². The summed E-state index contributed by atoms with van der Waals surface area (Å²) in [5.74, 6) is 0.758. The molecule has 6 heteroatoms. The molecule has 6 nitrogen and oxygen atoms in total. The number of rotatable bonds is 8. The van der Waals surface area contributed by atoms with Crippen LogP contribution < -0.4 is 10.1 Å². The third-order valence-corrected chi connectivity index (χ3v) is 7.19. The van der Waals surface area contributed by atoms with Crippen LogP contribution in [0.1, 0.15) is 66.9 Å². The molecule has 1 heterocycles. The number of carbonyl (C=O) groups excluding carboxylic acids is 1. The summed E-state index contributed by atoms with van der Waals surface area (Å²) in [6, 6.07) is 16.8. The quantitative estimate of drug-likeness (QED) is 0.447. The van der Waals surface area contributed by atoms with Crippen LogP contribution >= 0.6 is 0 Å². The van der Waals surface area contributed by atoms with Gasteiger partial charge in [-0.3, -0.25) is 4.79 Å². The molecule has 2 saturated carbocycles. The fraction of sp³-hybridized carbons (Fsp3) is 0.429. The van der Waals surface area contributed by atoms with E-state index >= 15 is 0 Å². The highest BCUT2D eigenvalue weighted by Gasteiger charge is 2.28. The normalized spacial score (nSPS) is 16.4. The number of carbonyl (C=O) groups is 1. The molecule has 0 radical (unpaired) electrons. The number of nitrogens with one attached hydrogen (secondary N) is 1. The number of hydrogen-bond donors (Lipinski definition) is 1. The summed E-state index contributed by atoms with van der Waals surface area (Å²) in [5, 5.41) is 14.2. The van der Waals surface area contributed by atoms with Crippen molar-refractivity contribution in [3.63, 3.8) is 0 Å². The van der Waals surface area contributed by atoms with E-state index in [4.69, 9.17) is 9.47 Å². The smallest absolute Gasteiger partial charge is 0.251 e.